The minimum absolute atomic E-state index is 0.0604. The van der Waals surface area contributed by atoms with Crippen molar-refractivity contribution in [3.8, 4) is 0 Å². The molecular formula is C29H54O4. The van der Waals surface area contributed by atoms with Gasteiger partial charge in [0.15, 0.2) is 0 Å². The number of esters is 1. The van der Waals surface area contributed by atoms with Crippen LogP contribution in [0.3, 0.4) is 0 Å². The summed E-state index contributed by atoms with van der Waals surface area (Å²) in [5, 5.41) is 0. The lowest BCUT2D eigenvalue weighted by Crippen LogP contribution is -2.18. The Balaban J connectivity index is 1.77. The van der Waals surface area contributed by atoms with Crippen LogP contribution < -0.4 is 0 Å². The molecule has 0 saturated carbocycles. The summed E-state index contributed by atoms with van der Waals surface area (Å²) in [6.07, 6.45) is 23.9. The molecule has 0 bridgehead atoms. The lowest BCUT2D eigenvalue weighted by Gasteiger charge is -2.16. The van der Waals surface area contributed by atoms with Gasteiger partial charge in [0.05, 0.1) is 12.7 Å². The molecule has 0 aromatic rings. The molecule has 4 nitrogen and oxygen atoms in total. The van der Waals surface area contributed by atoms with Crippen LogP contribution in [-0.4, -0.2) is 38.5 Å². The van der Waals surface area contributed by atoms with Crippen LogP contribution in [-0.2, 0) is 19.0 Å². The van der Waals surface area contributed by atoms with Crippen molar-refractivity contribution in [1.29, 1.82) is 0 Å². The van der Waals surface area contributed by atoms with Gasteiger partial charge in [-0.15, -0.1) is 0 Å². The van der Waals surface area contributed by atoms with Gasteiger partial charge in [0, 0.05) is 32.7 Å². The molecule has 3 atom stereocenters. The zero-order valence-electron chi connectivity index (χ0n) is 22.2. The fourth-order valence-electron chi connectivity index (χ4n) is 4.35. The second-order valence-corrected chi connectivity index (χ2v) is 10.0. The molecule has 0 aliphatic carbocycles. The molecule has 0 aromatic carbocycles. The topological polar surface area (TPSA) is 44.8 Å². The first-order valence-corrected chi connectivity index (χ1v) is 14.1. The smallest absolute Gasteiger partial charge is 0.305 e. The van der Waals surface area contributed by atoms with Crippen LogP contribution in [0.4, 0.5) is 0 Å². The SMILES string of the molecule is CCCCCCCC/C=C/CCCCCCCC(=O)OCCCOCCC1OCC(C)[C@@H]1C. The summed E-state index contributed by atoms with van der Waals surface area (Å²) in [5.41, 5.74) is 0. The van der Waals surface area contributed by atoms with Gasteiger partial charge in [-0.05, 0) is 50.4 Å². The average Bonchev–Trinajstić information content (AvgIpc) is 3.13. The Morgan fingerprint density at radius 2 is 1.45 bits per heavy atom. The van der Waals surface area contributed by atoms with E-state index in [0.29, 0.717) is 37.6 Å². The maximum atomic E-state index is 11.8. The molecule has 33 heavy (non-hydrogen) atoms. The third-order valence-electron chi connectivity index (χ3n) is 6.94. The van der Waals surface area contributed by atoms with Crippen molar-refractivity contribution >= 4 is 5.97 Å². The zero-order chi connectivity index (χ0) is 24.0. The van der Waals surface area contributed by atoms with Gasteiger partial charge < -0.3 is 14.2 Å². The van der Waals surface area contributed by atoms with Gasteiger partial charge in [-0.1, -0.05) is 84.3 Å². The molecule has 1 heterocycles. The van der Waals surface area contributed by atoms with E-state index < -0.39 is 0 Å². The summed E-state index contributed by atoms with van der Waals surface area (Å²) in [7, 11) is 0. The van der Waals surface area contributed by atoms with E-state index >= 15 is 0 Å². The monoisotopic (exact) mass is 466 g/mol. The molecule has 1 aliphatic heterocycles. The molecule has 194 valence electrons. The number of hydrogen-bond donors (Lipinski definition) is 0. The number of ether oxygens (including phenoxy) is 3. The van der Waals surface area contributed by atoms with Gasteiger partial charge in [-0.3, -0.25) is 4.79 Å². The highest BCUT2D eigenvalue weighted by molar-refractivity contribution is 5.69. The minimum atomic E-state index is -0.0604. The highest BCUT2D eigenvalue weighted by atomic mass is 16.5. The summed E-state index contributed by atoms with van der Waals surface area (Å²) in [4.78, 5) is 11.8. The van der Waals surface area contributed by atoms with Crippen molar-refractivity contribution in [3.63, 3.8) is 0 Å². The van der Waals surface area contributed by atoms with E-state index in [4.69, 9.17) is 14.2 Å². The third-order valence-corrected chi connectivity index (χ3v) is 6.94. The summed E-state index contributed by atoms with van der Waals surface area (Å²) in [6.45, 7) is 9.50. The quantitative estimate of drug-likeness (QED) is 0.0920. The molecule has 4 heteroatoms. The highest BCUT2D eigenvalue weighted by Gasteiger charge is 2.30. The predicted molar refractivity (Wildman–Crippen MR) is 139 cm³/mol. The highest BCUT2D eigenvalue weighted by Crippen LogP contribution is 2.28. The summed E-state index contributed by atoms with van der Waals surface area (Å²) >= 11 is 0. The van der Waals surface area contributed by atoms with Crippen LogP contribution in [0, 0.1) is 11.8 Å². The molecule has 1 fully saturated rings. The first-order chi connectivity index (χ1) is 16.1. The Morgan fingerprint density at radius 3 is 2.09 bits per heavy atom. The molecule has 0 N–H and O–H groups in total. The molecule has 1 saturated heterocycles. The van der Waals surface area contributed by atoms with E-state index in [0.717, 1.165) is 38.9 Å². The van der Waals surface area contributed by atoms with Gasteiger partial charge in [-0.25, -0.2) is 0 Å². The van der Waals surface area contributed by atoms with Crippen molar-refractivity contribution in [1.82, 2.24) is 0 Å². The summed E-state index contributed by atoms with van der Waals surface area (Å²) < 4.78 is 16.8. The molecule has 2 unspecified atom stereocenters. The Kier molecular flexibility index (Phi) is 19.8. The Labute approximate surface area is 205 Å². The Hall–Kier alpha value is -0.870. The second-order valence-electron chi connectivity index (χ2n) is 10.0. The lowest BCUT2D eigenvalue weighted by molar-refractivity contribution is -0.144. The number of hydrogen-bond acceptors (Lipinski definition) is 4. The van der Waals surface area contributed by atoms with Gasteiger partial charge in [-0.2, -0.15) is 0 Å². The van der Waals surface area contributed by atoms with E-state index in [-0.39, 0.29) is 5.97 Å². The number of allylic oxidation sites excluding steroid dienone is 2. The molecule has 0 radical (unpaired) electrons. The fraction of sp³-hybridized carbons (Fsp3) is 0.897. The van der Waals surface area contributed by atoms with Gasteiger partial charge in [0.1, 0.15) is 0 Å². The van der Waals surface area contributed by atoms with Gasteiger partial charge in [0.25, 0.3) is 0 Å². The molecule has 0 amide bonds. The Morgan fingerprint density at radius 1 is 0.818 bits per heavy atom. The first kappa shape index (κ1) is 30.2. The lowest BCUT2D eigenvalue weighted by atomic mass is 9.93. The van der Waals surface area contributed by atoms with Crippen molar-refractivity contribution < 1.29 is 19.0 Å². The van der Waals surface area contributed by atoms with Crippen molar-refractivity contribution in [3.05, 3.63) is 12.2 Å². The van der Waals surface area contributed by atoms with Crippen LogP contribution in [0.25, 0.3) is 0 Å². The molecule has 0 spiro atoms. The second kappa shape index (κ2) is 21.6. The van der Waals surface area contributed by atoms with Crippen molar-refractivity contribution in [2.24, 2.45) is 11.8 Å². The van der Waals surface area contributed by atoms with E-state index in [2.05, 4.69) is 32.9 Å². The third kappa shape index (κ3) is 17.3. The standard InChI is InChI=1S/C29H54O4/c1-4-5-6-7-8-9-10-11-12-13-14-15-16-17-18-20-29(30)32-23-19-22-31-24-21-28-27(3)26(2)25-33-28/h11-12,26-28H,4-10,13-25H2,1-3H3/b12-11+/t26?,27-,28?/m0/s1. The largest absolute Gasteiger partial charge is 0.466 e. The van der Waals surface area contributed by atoms with Gasteiger partial charge >= 0.3 is 5.97 Å². The maximum absolute atomic E-state index is 11.8. The summed E-state index contributed by atoms with van der Waals surface area (Å²) in [5.74, 6) is 1.21. The fourth-order valence-corrected chi connectivity index (χ4v) is 4.35. The number of unbranched alkanes of at least 4 members (excludes halogenated alkanes) is 11. The van der Waals surface area contributed by atoms with E-state index in [1.54, 1.807) is 0 Å². The maximum Gasteiger partial charge on any atom is 0.305 e. The number of carbonyl (C=O) groups is 1. The van der Waals surface area contributed by atoms with E-state index in [1.807, 2.05) is 0 Å². The Bertz CT molecular complexity index is 476. The average molecular weight is 467 g/mol. The number of carbonyl (C=O) groups excluding carboxylic acids is 1. The van der Waals surface area contributed by atoms with Crippen LogP contribution in [0.1, 0.15) is 124 Å². The molecule has 1 rings (SSSR count). The number of rotatable bonds is 22. The van der Waals surface area contributed by atoms with Crippen molar-refractivity contribution in [2.45, 2.75) is 130 Å². The normalized spacial score (nSPS) is 20.6. The summed E-state index contributed by atoms with van der Waals surface area (Å²) in [6, 6.07) is 0. The van der Waals surface area contributed by atoms with E-state index in [1.165, 1.54) is 70.6 Å². The van der Waals surface area contributed by atoms with Crippen LogP contribution in [0.2, 0.25) is 0 Å². The predicted octanol–water partition coefficient (Wildman–Crippen LogP) is 8.03. The van der Waals surface area contributed by atoms with E-state index in [9.17, 15) is 4.79 Å². The zero-order valence-corrected chi connectivity index (χ0v) is 22.2. The minimum Gasteiger partial charge on any atom is -0.466 e. The molecular weight excluding hydrogens is 412 g/mol. The van der Waals surface area contributed by atoms with Crippen LogP contribution >= 0.6 is 0 Å². The van der Waals surface area contributed by atoms with Crippen LogP contribution in [0.15, 0.2) is 12.2 Å². The molecule has 1 aliphatic rings. The van der Waals surface area contributed by atoms with Crippen molar-refractivity contribution in [2.75, 3.05) is 26.4 Å². The molecule has 0 aromatic heterocycles. The first-order valence-electron chi connectivity index (χ1n) is 14.1. The van der Waals surface area contributed by atoms with Gasteiger partial charge in [0.2, 0.25) is 0 Å². The van der Waals surface area contributed by atoms with Crippen LogP contribution in [0.5, 0.6) is 0 Å².